The molecule has 0 saturated carbocycles. The fourth-order valence-electron chi connectivity index (χ4n) is 3.29. The van der Waals surface area contributed by atoms with Gasteiger partial charge in [0.2, 0.25) is 5.78 Å². The maximum Gasteiger partial charge on any atom is 0.340 e. The molecule has 28 heavy (non-hydrogen) atoms. The Morgan fingerprint density at radius 1 is 1.00 bits per heavy atom. The number of hydrogen-bond acceptors (Lipinski definition) is 3. The predicted molar refractivity (Wildman–Crippen MR) is 116 cm³/mol. The van der Waals surface area contributed by atoms with Gasteiger partial charge in [-0.25, -0.2) is 4.79 Å². The van der Waals surface area contributed by atoms with Crippen molar-refractivity contribution in [2.24, 2.45) is 0 Å². The number of rotatable bonds is 4. The largest absolute Gasteiger partial charge is 0.462 e. The summed E-state index contributed by atoms with van der Waals surface area (Å²) in [5, 5.41) is 0.956. The summed E-state index contributed by atoms with van der Waals surface area (Å²) in [6.45, 7) is 2.02. The predicted octanol–water partition coefficient (Wildman–Crippen LogP) is 6.03. The molecule has 0 atom stereocenters. The Balaban J connectivity index is 2.06. The standard InChI is InChI=1S/C22H15Br2NO3/c1-2-28-22(27)16-12-19(21(26)13-7-9-15(23)10-8-13)25-18-6-4-3-5-14(18)11-17(24)20(16)25/h3-12H,2H2,1H3. The molecule has 0 unspecified atom stereocenters. The molecular weight excluding hydrogens is 486 g/mol. The highest BCUT2D eigenvalue weighted by Gasteiger charge is 2.24. The molecule has 0 radical (unpaired) electrons. The summed E-state index contributed by atoms with van der Waals surface area (Å²) in [5.74, 6) is -0.618. The Labute approximate surface area is 178 Å². The van der Waals surface area contributed by atoms with Gasteiger partial charge in [-0.1, -0.05) is 34.1 Å². The number of nitrogens with zero attached hydrogens (tertiary/aromatic N) is 1. The van der Waals surface area contributed by atoms with Crippen molar-refractivity contribution >= 4 is 60.0 Å². The van der Waals surface area contributed by atoms with Crippen LogP contribution >= 0.6 is 31.9 Å². The van der Waals surface area contributed by atoms with Crippen molar-refractivity contribution in [1.29, 1.82) is 0 Å². The van der Waals surface area contributed by atoms with Crippen LogP contribution in [-0.2, 0) is 4.74 Å². The van der Waals surface area contributed by atoms with Gasteiger partial charge < -0.3 is 9.14 Å². The van der Waals surface area contributed by atoms with Crippen LogP contribution in [0.5, 0.6) is 0 Å². The Morgan fingerprint density at radius 3 is 2.43 bits per heavy atom. The number of benzene rings is 2. The number of carbonyl (C=O) groups is 2. The van der Waals surface area contributed by atoms with Gasteiger partial charge in [0.25, 0.3) is 0 Å². The molecule has 0 saturated heterocycles. The van der Waals surface area contributed by atoms with Gasteiger partial charge in [-0.15, -0.1) is 0 Å². The van der Waals surface area contributed by atoms with E-state index in [9.17, 15) is 9.59 Å². The second kappa shape index (κ2) is 7.53. The lowest BCUT2D eigenvalue weighted by Gasteiger charge is -2.09. The molecular formula is C22H15Br2NO3. The van der Waals surface area contributed by atoms with Crippen LogP contribution in [0, 0.1) is 0 Å². The third-order valence-corrected chi connectivity index (χ3v) is 5.65. The average Bonchev–Trinajstić information content (AvgIpc) is 3.10. The number of fused-ring (bicyclic) bond motifs is 3. The molecule has 0 spiro atoms. The molecule has 6 heteroatoms. The quantitative estimate of drug-likeness (QED) is 0.254. The van der Waals surface area contributed by atoms with Crippen molar-refractivity contribution in [3.63, 3.8) is 0 Å². The normalized spacial score (nSPS) is 11.1. The van der Waals surface area contributed by atoms with Crippen molar-refractivity contribution in [1.82, 2.24) is 4.40 Å². The zero-order valence-corrected chi connectivity index (χ0v) is 18.1. The number of carbonyl (C=O) groups excluding carboxylic acids is 2. The number of hydrogen-bond donors (Lipinski definition) is 0. The molecule has 140 valence electrons. The van der Waals surface area contributed by atoms with Gasteiger partial charge in [0, 0.05) is 14.5 Å². The van der Waals surface area contributed by atoms with Gasteiger partial charge in [0.15, 0.2) is 0 Å². The fourth-order valence-corrected chi connectivity index (χ4v) is 4.20. The van der Waals surface area contributed by atoms with Gasteiger partial charge in [0.1, 0.15) is 0 Å². The van der Waals surface area contributed by atoms with Crippen LogP contribution in [0.3, 0.4) is 0 Å². The number of pyridine rings is 1. The van der Waals surface area contributed by atoms with Crippen LogP contribution in [0.15, 0.2) is 69.6 Å². The van der Waals surface area contributed by atoms with E-state index in [0.717, 1.165) is 19.8 Å². The number of ether oxygens (including phenoxy) is 1. The van der Waals surface area contributed by atoms with Crippen LogP contribution in [0.25, 0.3) is 16.4 Å². The molecule has 0 aliphatic rings. The molecule has 0 amide bonds. The maximum absolute atomic E-state index is 13.3. The molecule has 2 heterocycles. The molecule has 0 aliphatic carbocycles. The van der Waals surface area contributed by atoms with Crippen molar-refractivity contribution in [2.75, 3.05) is 6.61 Å². The van der Waals surface area contributed by atoms with Crippen LogP contribution < -0.4 is 0 Å². The van der Waals surface area contributed by atoms with E-state index in [1.807, 2.05) is 46.9 Å². The Hall–Kier alpha value is -2.44. The second-order valence-corrected chi connectivity index (χ2v) is 8.00. The zero-order chi connectivity index (χ0) is 19.8. The summed E-state index contributed by atoms with van der Waals surface area (Å²) in [6.07, 6.45) is 0. The van der Waals surface area contributed by atoms with Crippen LogP contribution in [0.2, 0.25) is 0 Å². The molecule has 0 bridgehead atoms. The monoisotopic (exact) mass is 499 g/mol. The van der Waals surface area contributed by atoms with Crippen molar-refractivity contribution < 1.29 is 14.3 Å². The van der Waals surface area contributed by atoms with E-state index in [-0.39, 0.29) is 12.4 Å². The lowest BCUT2D eigenvalue weighted by molar-refractivity contribution is 0.0528. The van der Waals surface area contributed by atoms with Crippen LogP contribution in [0.4, 0.5) is 0 Å². The van der Waals surface area contributed by atoms with Gasteiger partial charge in [-0.05, 0) is 70.7 Å². The van der Waals surface area contributed by atoms with Crippen molar-refractivity contribution in [2.45, 2.75) is 6.92 Å². The lowest BCUT2D eigenvalue weighted by Crippen LogP contribution is -2.06. The van der Waals surface area contributed by atoms with Gasteiger partial charge in [-0.2, -0.15) is 0 Å². The van der Waals surface area contributed by atoms with E-state index >= 15 is 0 Å². The minimum atomic E-state index is -0.453. The van der Waals surface area contributed by atoms with E-state index in [4.69, 9.17) is 4.74 Å². The first kappa shape index (κ1) is 18.9. The molecule has 4 aromatic rings. The first-order chi connectivity index (χ1) is 13.5. The van der Waals surface area contributed by atoms with E-state index in [0.29, 0.717) is 22.3 Å². The summed E-state index contributed by atoms with van der Waals surface area (Å²) in [4.78, 5) is 25.9. The second-order valence-electron chi connectivity index (χ2n) is 6.23. The van der Waals surface area contributed by atoms with E-state index in [1.54, 1.807) is 25.1 Å². The summed E-state index contributed by atoms with van der Waals surface area (Å²) >= 11 is 6.96. The minimum Gasteiger partial charge on any atom is -0.462 e. The number of ketones is 1. The summed E-state index contributed by atoms with van der Waals surface area (Å²) in [7, 11) is 0. The fraction of sp³-hybridized carbons (Fsp3) is 0.0909. The summed E-state index contributed by atoms with van der Waals surface area (Å²) < 4.78 is 8.68. The van der Waals surface area contributed by atoms with Crippen molar-refractivity contribution in [3.8, 4) is 0 Å². The third-order valence-electron chi connectivity index (χ3n) is 4.52. The van der Waals surface area contributed by atoms with Gasteiger partial charge in [0.05, 0.1) is 28.9 Å². The summed E-state index contributed by atoms with van der Waals surface area (Å²) in [5.41, 5.74) is 2.79. The first-order valence-corrected chi connectivity index (χ1v) is 10.3. The molecule has 2 aromatic heterocycles. The smallest absolute Gasteiger partial charge is 0.340 e. The summed E-state index contributed by atoms with van der Waals surface area (Å²) in [6, 6.07) is 18.5. The zero-order valence-electron chi connectivity index (χ0n) is 14.9. The van der Waals surface area contributed by atoms with E-state index in [2.05, 4.69) is 31.9 Å². The Bertz CT molecular complexity index is 1230. The first-order valence-electron chi connectivity index (χ1n) is 8.71. The molecule has 2 aromatic carbocycles. The van der Waals surface area contributed by atoms with Crippen molar-refractivity contribution in [3.05, 3.63) is 86.4 Å². The molecule has 0 fully saturated rings. The van der Waals surface area contributed by atoms with E-state index in [1.165, 1.54) is 0 Å². The number of esters is 1. The molecule has 4 rings (SSSR count). The molecule has 0 N–H and O–H groups in total. The van der Waals surface area contributed by atoms with Crippen LogP contribution in [-0.4, -0.2) is 22.8 Å². The number of aromatic nitrogens is 1. The SMILES string of the molecule is CCOC(=O)c1cc(C(=O)c2ccc(Br)cc2)n2c1c(Br)cc1ccccc12. The topological polar surface area (TPSA) is 47.8 Å². The average molecular weight is 501 g/mol. The highest BCUT2D eigenvalue weighted by atomic mass is 79.9. The molecule has 4 nitrogen and oxygen atoms in total. The van der Waals surface area contributed by atoms with E-state index < -0.39 is 5.97 Å². The lowest BCUT2D eigenvalue weighted by atomic mass is 10.1. The highest BCUT2D eigenvalue weighted by molar-refractivity contribution is 9.11. The maximum atomic E-state index is 13.3. The highest BCUT2D eigenvalue weighted by Crippen LogP contribution is 2.32. The Kier molecular flexibility index (Phi) is 5.08. The minimum absolute atomic E-state index is 0.165. The number of para-hydroxylation sites is 1. The van der Waals surface area contributed by atoms with Gasteiger partial charge >= 0.3 is 5.97 Å². The Morgan fingerprint density at radius 2 is 1.71 bits per heavy atom. The van der Waals surface area contributed by atoms with Crippen LogP contribution in [0.1, 0.15) is 33.3 Å². The van der Waals surface area contributed by atoms with Gasteiger partial charge in [-0.3, -0.25) is 4.79 Å². The number of halogens is 2. The third kappa shape index (κ3) is 3.16. The molecule has 0 aliphatic heterocycles.